The maximum atomic E-state index is 11.2. The zero-order chi connectivity index (χ0) is 15.2. The Morgan fingerprint density at radius 1 is 1.24 bits per heavy atom. The normalized spacial score (nSPS) is 10.3. The van der Waals surface area contributed by atoms with E-state index in [9.17, 15) is 4.79 Å². The fourth-order valence-electron chi connectivity index (χ4n) is 1.73. The van der Waals surface area contributed by atoms with Crippen LogP contribution >= 0.6 is 0 Å². The summed E-state index contributed by atoms with van der Waals surface area (Å²) in [7, 11) is 1.61. The van der Waals surface area contributed by atoms with Gasteiger partial charge in [-0.3, -0.25) is 4.79 Å². The number of nitrogen functional groups attached to an aromatic ring is 1. The number of carbonyl (C=O) groups is 1. The van der Waals surface area contributed by atoms with Crippen LogP contribution in [0.3, 0.4) is 0 Å². The van der Waals surface area contributed by atoms with Gasteiger partial charge in [0.25, 0.3) is 5.91 Å². The zero-order valence-corrected chi connectivity index (χ0v) is 11.6. The van der Waals surface area contributed by atoms with Crippen LogP contribution in [-0.2, 0) is 4.74 Å². The van der Waals surface area contributed by atoms with Crippen LogP contribution < -0.4 is 16.2 Å². The molecule has 0 bridgehead atoms. The first-order valence-electron chi connectivity index (χ1n) is 6.26. The largest absolute Gasteiger partial charge is 0.491 e. The molecule has 0 fully saturated rings. The van der Waals surface area contributed by atoms with E-state index in [0.717, 1.165) is 5.56 Å². The summed E-state index contributed by atoms with van der Waals surface area (Å²) in [5.74, 6) is 0.00668. The van der Waals surface area contributed by atoms with E-state index >= 15 is 0 Å². The molecular formula is C14H16N4O3. The monoisotopic (exact) mass is 288 g/mol. The van der Waals surface area contributed by atoms with E-state index in [1.807, 2.05) is 18.2 Å². The minimum Gasteiger partial charge on any atom is -0.491 e. The molecule has 0 saturated carbocycles. The SMILES string of the molecule is COCCOc1cccc(-c2cc(C(N)=O)nc(N)n2)c1. The smallest absolute Gasteiger partial charge is 0.267 e. The topological polar surface area (TPSA) is 113 Å². The Kier molecular flexibility index (Phi) is 4.68. The Bertz CT molecular complexity index is 646. The van der Waals surface area contributed by atoms with Gasteiger partial charge in [0.05, 0.1) is 12.3 Å². The summed E-state index contributed by atoms with van der Waals surface area (Å²) in [4.78, 5) is 19.1. The third-order valence-corrected chi connectivity index (χ3v) is 2.68. The van der Waals surface area contributed by atoms with E-state index in [1.165, 1.54) is 6.07 Å². The molecule has 7 heteroatoms. The van der Waals surface area contributed by atoms with Crippen molar-refractivity contribution in [1.29, 1.82) is 0 Å². The Hall–Kier alpha value is -2.67. The average molecular weight is 288 g/mol. The standard InChI is InChI=1S/C14H16N4O3/c1-20-5-6-21-10-4-2-3-9(7-10)11-8-12(13(15)19)18-14(16)17-11/h2-4,7-8H,5-6H2,1H3,(H2,15,19)(H2,16,17,18). The van der Waals surface area contributed by atoms with Gasteiger partial charge >= 0.3 is 0 Å². The van der Waals surface area contributed by atoms with Crippen LogP contribution in [0.4, 0.5) is 5.95 Å². The number of anilines is 1. The van der Waals surface area contributed by atoms with Crippen molar-refractivity contribution >= 4 is 11.9 Å². The number of nitrogens with zero attached hydrogens (tertiary/aromatic N) is 2. The third-order valence-electron chi connectivity index (χ3n) is 2.68. The summed E-state index contributed by atoms with van der Waals surface area (Å²) in [6.07, 6.45) is 0. The maximum absolute atomic E-state index is 11.2. The van der Waals surface area contributed by atoms with E-state index in [4.69, 9.17) is 20.9 Å². The lowest BCUT2D eigenvalue weighted by Crippen LogP contribution is -2.15. The number of ether oxygens (including phenoxy) is 2. The number of rotatable bonds is 6. The highest BCUT2D eigenvalue weighted by atomic mass is 16.5. The molecule has 2 aromatic rings. The van der Waals surface area contributed by atoms with Gasteiger partial charge in [0.2, 0.25) is 5.95 Å². The second kappa shape index (κ2) is 6.67. The fraction of sp³-hybridized carbons (Fsp3) is 0.214. The lowest BCUT2D eigenvalue weighted by atomic mass is 10.1. The molecule has 0 spiro atoms. The summed E-state index contributed by atoms with van der Waals surface area (Å²) in [6.45, 7) is 0.939. The molecule has 0 unspecified atom stereocenters. The van der Waals surface area contributed by atoms with Gasteiger partial charge in [-0.15, -0.1) is 0 Å². The number of nitrogens with two attached hydrogens (primary N) is 2. The van der Waals surface area contributed by atoms with Crippen LogP contribution in [0.25, 0.3) is 11.3 Å². The van der Waals surface area contributed by atoms with Crippen LogP contribution in [0.15, 0.2) is 30.3 Å². The average Bonchev–Trinajstić information content (AvgIpc) is 2.47. The number of hydrogen-bond acceptors (Lipinski definition) is 6. The highest BCUT2D eigenvalue weighted by molar-refractivity contribution is 5.92. The van der Waals surface area contributed by atoms with Crippen molar-refractivity contribution in [3.05, 3.63) is 36.0 Å². The molecule has 110 valence electrons. The number of hydrogen-bond donors (Lipinski definition) is 2. The predicted octanol–water partition coefficient (Wildman–Crippen LogP) is 0.850. The number of methoxy groups -OCH3 is 1. The second-order valence-corrected chi connectivity index (χ2v) is 4.23. The number of amides is 1. The molecule has 7 nitrogen and oxygen atoms in total. The van der Waals surface area contributed by atoms with Gasteiger partial charge in [0.1, 0.15) is 18.1 Å². The molecule has 0 saturated heterocycles. The molecular weight excluding hydrogens is 272 g/mol. The van der Waals surface area contributed by atoms with Gasteiger partial charge in [0.15, 0.2) is 0 Å². The van der Waals surface area contributed by atoms with Crippen LogP contribution in [0, 0.1) is 0 Å². The highest BCUT2D eigenvalue weighted by Crippen LogP contribution is 2.23. The summed E-state index contributed by atoms with van der Waals surface area (Å²) in [5.41, 5.74) is 12.1. The summed E-state index contributed by atoms with van der Waals surface area (Å²) in [6, 6.07) is 8.75. The first-order valence-corrected chi connectivity index (χ1v) is 6.26. The van der Waals surface area contributed by atoms with Gasteiger partial charge < -0.3 is 20.9 Å². The van der Waals surface area contributed by atoms with E-state index in [2.05, 4.69) is 9.97 Å². The Morgan fingerprint density at radius 2 is 2.05 bits per heavy atom. The van der Waals surface area contributed by atoms with Crippen LogP contribution in [0.1, 0.15) is 10.5 Å². The molecule has 0 atom stereocenters. The molecule has 1 aromatic carbocycles. The van der Waals surface area contributed by atoms with Crippen molar-refractivity contribution in [1.82, 2.24) is 9.97 Å². The number of primary amides is 1. The van der Waals surface area contributed by atoms with Crippen LogP contribution in [0.5, 0.6) is 5.75 Å². The molecule has 21 heavy (non-hydrogen) atoms. The fourth-order valence-corrected chi connectivity index (χ4v) is 1.73. The molecule has 1 amide bonds. The van der Waals surface area contributed by atoms with Gasteiger partial charge in [0, 0.05) is 12.7 Å². The van der Waals surface area contributed by atoms with E-state index < -0.39 is 5.91 Å². The summed E-state index contributed by atoms with van der Waals surface area (Å²) in [5, 5.41) is 0. The third kappa shape index (κ3) is 3.90. The Labute approximate surface area is 121 Å². The van der Waals surface area contributed by atoms with Crippen molar-refractivity contribution in [2.75, 3.05) is 26.1 Å². The van der Waals surface area contributed by atoms with E-state index in [0.29, 0.717) is 24.7 Å². The molecule has 2 rings (SSSR count). The molecule has 1 heterocycles. The maximum Gasteiger partial charge on any atom is 0.267 e. The predicted molar refractivity (Wildman–Crippen MR) is 77.8 cm³/mol. The zero-order valence-electron chi connectivity index (χ0n) is 11.6. The van der Waals surface area contributed by atoms with Crippen LogP contribution in [0.2, 0.25) is 0 Å². The Balaban J connectivity index is 2.29. The molecule has 0 aliphatic carbocycles. The van der Waals surface area contributed by atoms with Gasteiger partial charge in [-0.05, 0) is 18.2 Å². The molecule has 1 aromatic heterocycles. The van der Waals surface area contributed by atoms with E-state index in [-0.39, 0.29) is 11.6 Å². The summed E-state index contributed by atoms with van der Waals surface area (Å²) >= 11 is 0. The number of aromatic nitrogens is 2. The quantitative estimate of drug-likeness (QED) is 0.762. The van der Waals surface area contributed by atoms with Crippen molar-refractivity contribution in [3.63, 3.8) is 0 Å². The first kappa shape index (κ1) is 14.7. The number of benzene rings is 1. The lowest BCUT2D eigenvalue weighted by Gasteiger charge is -2.08. The summed E-state index contributed by atoms with van der Waals surface area (Å²) < 4.78 is 10.4. The van der Waals surface area contributed by atoms with Gasteiger partial charge in [-0.2, -0.15) is 0 Å². The van der Waals surface area contributed by atoms with Gasteiger partial charge in [-0.1, -0.05) is 12.1 Å². The minimum absolute atomic E-state index is 0.00740. The van der Waals surface area contributed by atoms with Crippen molar-refractivity contribution in [2.24, 2.45) is 5.73 Å². The van der Waals surface area contributed by atoms with Crippen LogP contribution in [-0.4, -0.2) is 36.2 Å². The second-order valence-electron chi connectivity index (χ2n) is 4.23. The molecule has 0 aliphatic heterocycles. The van der Waals surface area contributed by atoms with E-state index in [1.54, 1.807) is 13.2 Å². The lowest BCUT2D eigenvalue weighted by molar-refractivity contribution is 0.0995. The van der Waals surface area contributed by atoms with Crippen molar-refractivity contribution in [2.45, 2.75) is 0 Å². The van der Waals surface area contributed by atoms with Gasteiger partial charge in [-0.25, -0.2) is 9.97 Å². The minimum atomic E-state index is -0.655. The molecule has 0 radical (unpaired) electrons. The van der Waals surface area contributed by atoms with Crippen molar-refractivity contribution in [3.8, 4) is 17.0 Å². The number of carbonyl (C=O) groups excluding carboxylic acids is 1. The Morgan fingerprint density at radius 3 is 2.76 bits per heavy atom. The highest BCUT2D eigenvalue weighted by Gasteiger charge is 2.09. The first-order chi connectivity index (χ1) is 10.1. The molecule has 4 N–H and O–H groups in total. The molecule has 0 aliphatic rings. The van der Waals surface area contributed by atoms with Crippen molar-refractivity contribution < 1.29 is 14.3 Å².